The molecule has 1 atom stereocenters. The van der Waals surface area contributed by atoms with Crippen molar-refractivity contribution in [3.8, 4) is 6.07 Å². The van der Waals surface area contributed by atoms with Crippen LogP contribution < -0.4 is 10.6 Å². The monoisotopic (exact) mass is 362 g/mol. The molecule has 3 heterocycles. The second-order valence-corrected chi connectivity index (χ2v) is 6.82. The molecule has 8 nitrogen and oxygen atoms in total. The van der Waals surface area contributed by atoms with Crippen molar-refractivity contribution in [2.24, 2.45) is 0 Å². The minimum absolute atomic E-state index is 0.0531. The number of amides is 3. The highest BCUT2D eigenvalue weighted by molar-refractivity contribution is 5.96. The molecule has 0 aromatic carbocycles. The molecule has 1 aliphatic carbocycles. The van der Waals surface area contributed by atoms with Crippen LogP contribution in [0, 0.1) is 11.3 Å². The van der Waals surface area contributed by atoms with Crippen LogP contribution in [0.3, 0.4) is 0 Å². The van der Waals surface area contributed by atoms with Crippen LogP contribution in [0.1, 0.15) is 42.8 Å². The van der Waals surface area contributed by atoms with Crippen LogP contribution in [0.25, 0.3) is 0 Å². The van der Waals surface area contributed by atoms with Gasteiger partial charge in [0.2, 0.25) is 5.91 Å². The third-order valence-corrected chi connectivity index (χ3v) is 5.01. The SMILES string of the molecule is C[C@@H](NC(=O)CN1C(=O)Nc2cccnc2C12CC2)c1ccc(C#N)cn1. The second kappa shape index (κ2) is 6.36. The number of anilines is 1. The molecule has 2 aliphatic rings. The van der Waals surface area contributed by atoms with Crippen molar-refractivity contribution >= 4 is 17.6 Å². The molecular formula is C19H18N6O2. The van der Waals surface area contributed by atoms with Crippen LogP contribution in [0.15, 0.2) is 36.7 Å². The predicted molar refractivity (Wildman–Crippen MR) is 96.4 cm³/mol. The molecule has 27 heavy (non-hydrogen) atoms. The Morgan fingerprint density at radius 1 is 1.41 bits per heavy atom. The smallest absolute Gasteiger partial charge is 0.323 e. The van der Waals surface area contributed by atoms with Crippen LogP contribution in [0.2, 0.25) is 0 Å². The normalized spacial score (nSPS) is 17.5. The van der Waals surface area contributed by atoms with E-state index < -0.39 is 5.54 Å². The Morgan fingerprint density at radius 2 is 2.22 bits per heavy atom. The molecule has 3 amide bonds. The maximum absolute atomic E-state index is 12.6. The minimum atomic E-state index is -0.480. The molecule has 0 bridgehead atoms. The van der Waals surface area contributed by atoms with E-state index in [1.54, 1.807) is 29.3 Å². The lowest BCUT2D eigenvalue weighted by molar-refractivity contribution is -0.123. The van der Waals surface area contributed by atoms with Gasteiger partial charge in [-0.05, 0) is 44.0 Å². The van der Waals surface area contributed by atoms with Crippen molar-refractivity contribution in [3.63, 3.8) is 0 Å². The summed E-state index contributed by atoms with van der Waals surface area (Å²) in [5, 5.41) is 14.5. The van der Waals surface area contributed by atoms with E-state index in [0.717, 1.165) is 18.5 Å². The molecule has 1 saturated carbocycles. The van der Waals surface area contributed by atoms with Gasteiger partial charge in [-0.25, -0.2) is 4.79 Å². The van der Waals surface area contributed by atoms with E-state index in [4.69, 9.17) is 5.26 Å². The zero-order valence-corrected chi connectivity index (χ0v) is 14.8. The first kappa shape index (κ1) is 17.0. The zero-order chi connectivity index (χ0) is 19.0. The fourth-order valence-electron chi connectivity index (χ4n) is 3.46. The maximum atomic E-state index is 12.6. The highest BCUT2D eigenvalue weighted by Crippen LogP contribution is 2.54. The fourth-order valence-corrected chi connectivity index (χ4v) is 3.46. The molecule has 8 heteroatoms. The number of nitrogens with zero attached hydrogens (tertiary/aromatic N) is 4. The lowest BCUT2D eigenvalue weighted by atomic mass is 10.0. The summed E-state index contributed by atoms with van der Waals surface area (Å²) in [6, 6.07) is 8.37. The number of aromatic nitrogens is 2. The van der Waals surface area contributed by atoms with Gasteiger partial charge in [0.1, 0.15) is 12.6 Å². The van der Waals surface area contributed by atoms with Crippen molar-refractivity contribution < 1.29 is 9.59 Å². The summed E-state index contributed by atoms with van der Waals surface area (Å²) in [6.07, 6.45) is 4.76. The fraction of sp³-hybridized carbons (Fsp3) is 0.316. The number of hydrogen-bond acceptors (Lipinski definition) is 5. The zero-order valence-electron chi connectivity index (χ0n) is 14.8. The summed E-state index contributed by atoms with van der Waals surface area (Å²) in [6.45, 7) is 1.76. The van der Waals surface area contributed by atoms with Crippen molar-refractivity contribution in [3.05, 3.63) is 53.6 Å². The Hall–Kier alpha value is -3.47. The molecule has 0 radical (unpaired) electrons. The van der Waals surface area contributed by atoms with Gasteiger partial charge in [0.15, 0.2) is 0 Å². The number of fused-ring (bicyclic) bond motifs is 2. The Morgan fingerprint density at radius 3 is 2.89 bits per heavy atom. The summed E-state index contributed by atoms with van der Waals surface area (Å²) in [4.78, 5) is 35.3. The molecule has 1 spiro atoms. The second-order valence-electron chi connectivity index (χ2n) is 6.82. The Labute approximate surface area is 156 Å². The maximum Gasteiger partial charge on any atom is 0.323 e. The average molecular weight is 362 g/mol. The molecule has 1 aliphatic heterocycles. The number of nitriles is 1. The first-order chi connectivity index (χ1) is 13.0. The van der Waals surface area contributed by atoms with Gasteiger partial charge in [-0.1, -0.05) is 0 Å². The van der Waals surface area contributed by atoms with E-state index in [9.17, 15) is 9.59 Å². The van der Waals surface area contributed by atoms with Crippen LogP contribution >= 0.6 is 0 Å². The predicted octanol–water partition coefficient (Wildman–Crippen LogP) is 2.06. The van der Waals surface area contributed by atoms with Crippen molar-refractivity contribution in [2.75, 3.05) is 11.9 Å². The number of pyridine rings is 2. The van der Waals surface area contributed by atoms with Crippen LogP contribution in [-0.2, 0) is 10.3 Å². The molecule has 4 rings (SSSR count). The van der Waals surface area contributed by atoms with Crippen LogP contribution in [0.5, 0.6) is 0 Å². The van der Waals surface area contributed by atoms with Gasteiger partial charge in [-0.3, -0.25) is 14.8 Å². The molecule has 136 valence electrons. The lowest BCUT2D eigenvalue weighted by Crippen LogP contribution is -2.51. The Kier molecular flexibility index (Phi) is 4.00. The minimum Gasteiger partial charge on any atom is -0.346 e. The van der Waals surface area contributed by atoms with Gasteiger partial charge < -0.3 is 15.5 Å². The van der Waals surface area contributed by atoms with Gasteiger partial charge in [-0.2, -0.15) is 5.26 Å². The summed E-state index contributed by atoms with van der Waals surface area (Å²) < 4.78 is 0. The largest absolute Gasteiger partial charge is 0.346 e. The van der Waals surface area contributed by atoms with Gasteiger partial charge in [-0.15, -0.1) is 0 Å². The van der Waals surface area contributed by atoms with Gasteiger partial charge >= 0.3 is 6.03 Å². The molecule has 2 aromatic heterocycles. The number of carbonyl (C=O) groups excluding carboxylic acids is 2. The van der Waals surface area contributed by atoms with E-state index in [-0.39, 0.29) is 24.5 Å². The topological polar surface area (TPSA) is 111 Å². The van der Waals surface area contributed by atoms with Gasteiger partial charge in [0, 0.05) is 12.4 Å². The average Bonchev–Trinajstić information content (AvgIpc) is 3.47. The number of carbonyl (C=O) groups is 2. The van der Waals surface area contributed by atoms with E-state index in [1.165, 1.54) is 6.20 Å². The highest BCUT2D eigenvalue weighted by Gasteiger charge is 2.56. The van der Waals surface area contributed by atoms with E-state index in [2.05, 4.69) is 20.6 Å². The molecule has 0 saturated heterocycles. The molecule has 2 aromatic rings. The van der Waals surface area contributed by atoms with Crippen molar-refractivity contribution in [1.82, 2.24) is 20.2 Å². The molecule has 0 unspecified atom stereocenters. The van der Waals surface area contributed by atoms with E-state index >= 15 is 0 Å². The van der Waals surface area contributed by atoms with Gasteiger partial charge in [0.25, 0.3) is 0 Å². The molecule has 2 N–H and O–H groups in total. The van der Waals surface area contributed by atoms with E-state index in [0.29, 0.717) is 16.9 Å². The van der Waals surface area contributed by atoms with Crippen LogP contribution in [-0.4, -0.2) is 33.4 Å². The number of hydrogen-bond donors (Lipinski definition) is 2. The standard InChI is InChI=1S/C19H18N6O2/c1-12(14-5-4-13(9-20)10-22-14)23-16(26)11-25-18(27)24-15-3-2-8-21-17(15)19(25)6-7-19/h2-5,8,10,12H,6-7,11H2,1H3,(H,23,26)(H,24,27)/t12-/m1/s1. The highest BCUT2D eigenvalue weighted by atomic mass is 16.2. The first-order valence-corrected chi connectivity index (χ1v) is 8.73. The quantitative estimate of drug-likeness (QED) is 0.865. The summed E-state index contributed by atoms with van der Waals surface area (Å²) in [5.41, 5.74) is 2.17. The molecule has 1 fully saturated rings. The summed E-state index contributed by atoms with van der Waals surface area (Å²) in [7, 11) is 0. The number of urea groups is 1. The number of nitrogens with one attached hydrogen (secondary N) is 2. The summed E-state index contributed by atoms with van der Waals surface area (Å²) in [5.74, 6) is -0.269. The van der Waals surface area contributed by atoms with E-state index in [1.807, 2.05) is 19.1 Å². The van der Waals surface area contributed by atoms with Crippen LogP contribution in [0.4, 0.5) is 10.5 Å². The third-order valence-electron chi connectivity index (χ3n) is 5.01. The molecular weight excluding hydrogens is 344 g/mol. The van der Waals surface area contributed by atoms with Gasteiger partial charge in [0.05, 0.1) is 34.2 Å². The Balaban J connectivity index is 1.46. The Bertz CT molecular complexity index is 945. The lowest BCUT2D eigenvalue weighted by Gasteiger charge is -2.36. The number of rotatable bonds is 4. The van der Waals surface area contributed by atoms with Crippen molar-refractivity contribution in [1.29, 1.82) is 5.26 Å². The van der Waals surface area contributed by atoms with Crippen molar-refractivity contribution in [2.45, 2.75) is 31.3 Å². The first-order valence-electron chi connectivity index (χ1n) is 8.73. The summed E-state index contributed by atoms with van der Waals surface area (Å²) >= 11 is 0. The third kappa shape index (κ3) is 2.97.